The topological polar surface area (TPSA) is 115 Å². The SMILES string of the molecule is COCCOCO[C@@H]1[C@@H](OCOCCOC)[C@@H](COc2ccccc2)NC(=O)N[C@@H]1COc1ccccc1. The Bertz CT molecular complexity index is 819. The third-order valence-electron chi connectivity index (χ3n) is 5.65. The molecule has 0 spiro atoms. The molecule has 2 aromatic rings. The number of nitrogens with one attached hydrogen (secondary N) is 2. The van der Waals surface area contributed by atoms with Crippen molar-refractivity contribution in [2.45, 2.75) is 24.3 Å². The van der Waals surface area contributed by atoms with Crippen LogP contribution in [0.2, 0.25) is 0 Å². The smallest absolute Gasteiger partial charge is 0.315 e. The van der Waals surface area contributed by atoms with Gasteiger partial charge in [-0.3, -0.25) is 0 Å². The molecule has 1 aliphatic heterocycles. The second-order valence-electron chi connectivity index (χ2n) is 8.38. The zero-order valence-corrected chi connectivity index (χ0v) is 21.9. The van der Waals surface area contributed by atoms with Crippen molar-refractivity contribution < 1.29 is 42.7 Å². The van der Waals surface area contributed by atoms with Crippen LogP contribution in [-0.4, -0.2) is 97.8 Å². The average molecular weight is 535 g/mol. The highest BCUT2D eigenvalue weighted by Crippen LogP contribution is 2.20. The van der Waals surface area contributed by atoms with Crippen molar-refractivity contribution in [3.8, 4) is 11.5 Å². The standard InChI is InChI=1S/C27H38N2O9/c1-31-13-15-33-19-37-25-23(17-35-21-9-5-3-6-10-21)28-27(30)29-24(18-36-22-11-7-4-8-12-22)26(25)38-20-34-16-14-32-2/h3-12,23-26H,13-20H2,1-2H3,(H2,28,29,30)/t23-,24-,25+,26+/m1/s1. The number of amides is 2. The van der Waals surface area contributed by atoms with Crippen LogP contribution < -0.4 is 20.1 Å². The molecule has 0 radical (unpaired) electrons. The van der Waals surface area contributed by atoms with Crippen LogP contribution in [0.4, 0.5) is 4.79 Å². The predicted octanol–water partition coefficient (Wildman–Crippen LogP) is 2.21. The van der Waals surface area contributed by atoms with Gasteiger partial charge in [0.15, 0.2) is 0 Å². The van der Waals surface area contributed by atoms with Gasteiger partial charge in [0.25, 0.3) is 0 Å². The van der Waals surface area contributed by atoms with E-state index in [1.807, 2.05) is 60.7 Å². The molecule has 1 fully saturated rings. The van der Waals surface area contributed by atoms with Crippen LogP contribution in [0.5, 0.6) is 11.5 Å². The van der Waals surface area contributed by atoms with Crippen molar-refractivity contribution in [2.24, 2.45) is 0 Å². The summed E-state index contributed by atoms with van der Waals surface area (Å²) in [6, 6.07) is 17.1. The Morgan fingerprint density at radius 1 is 0.632 bits per heavy atom. The van der Waals surface area contributed by atoms with Gasteiger partial charge in [0.2, 0.25) is 0 Å². The van der Waals surface area contributed by atoms with Gasteiger partial charge in [0.05, 0.1) is 38.5 Å². The minimum Gasteiger partial charge on any atom is -0.491 e. The van der Waals surface area contributed by atoms with Crippen LogP contribution in [0, 0.1) is 0 Å². The predicted molar refractivity (Wildman–Crippen MR) is 138 cm³/mol. The highest BCUT2D eigenvalue weighted by atomic mass is 16.7. The first-order chi connectivity index (χ1) is 18.7. The van der Waals surface area contributed by atoms with E-state index < -0.39 is 30.3 Å². The fourth-order valence-corrected chi connectivity index (χ4v) is 3.76. The molecule has 2 N–H and O–H groups in total. The van der Waals surface area contributed by atoms with Crippen molar-refractivity contribution >= 4 is 6.03 Å². The Kier molecular flexibility index (Phi) is 13.7. The van der Waals surface area contributed by atoms with E-state index in [0.717, 1.165) is 0 Å². The fourth-order valence-electron chi connectivity index (χ4n) is 3.76. The Hall–Kier alpha value is -2.93. The van der Waals surface area contributed by atoms with E-state index in [4.69, 9.17) is 37.9 Å². The zero-order valence-electron chi connectivity index (χ0n) is 21.9. The van der Waals surface area contributed by atoms with E-state index in [-0.39, 0.29) is 26.8 Å². The van der Waals surface area contributed by atoms with Crippen LogP contribution >= 0.6 is 0 Å². The van der Waals surface area contributed by atoms with Gasteiger partial charge in [-0.05, 0) is 24.3 Å². The van der Waals surface area contributed by atoms with Gasteiger partial charge in [-0.25, -0.2) is 4.79 Å². The number of hydrogen-bond acceptors (Lipinski definition) is 9. The van der Waals surface area contributed by atoms with Gasteiger partial charge in [0, 0.05) is 14.2 Å². The van der Waals surface area contributed by atoms with Gasteiger partial charge in [-0.15, -0.1) is 0 Å². The van der Waals surface area contributed by atoms with E-state index in [9.17, 15) is 4.79 Å². The lowest BCUT2D eigenvalue weighted by molar-refractivity contribution is -0.185. The number of hydrogen-bond donors (Lipinski definition) is 2. The third-order valence-corrected chi connectivity index (χ3v) is 5.65. The van der Waals surface area contributed by atoms with E-state index in [1.165, 1.54) is 0 Å². The largest absolute Gasteiger partial charge is 0.491 e. The highest BCUT2D eigenvalue weighted by Gasteiger charge is 2.42. The minimum absolute atomic E-state index is 0.0393. The molecule has 210 valence electrons. The quantitative estimate of drug-likeness (QED) is 0.219. The maximum Gasteiger partial charge on any atom is 0.315 e. The Morgan fingerprint density at radius 2 is 1.05 bits per heavy atom. The van der Waals surface area contributed by atoms with E-state index in [2.05, 4.69) is 10.6 Å². The maximum absolute atomic E-state index is 12.9. The first kappa shape index (κ1) is 29.6. The lowest BCUT2D eigenvalue weighted by atomic mass is 10.0. The van der Waals surface area contributed by atoms with E-state index in [1.54, 1.807) is 14.2 Å². The molecule has 11 nitrogen and oxygen atoms in total. The third kappa shape index (κ3) is 10.4. The molecule has 3 rings (SSSR count). The molecule has 0 aromatic heterocycles. The number of benzene rings is 2. The molecule has 11 heteroatoms. The first-order valence-electron chi connectivity index (χ1n) is 12.5. The zero-order chi connectivity index (χ0) is 26.8. The summed E-state index contributed by atoms with van der Waals surface area (Å²) >= 11 is 0. The van der Waals surface area contributed by atoms with E-state index in [0.29, 0.717) is 37.9 Å². The summed E-state index contributed by atoms with van der Waals surface area (Å²) in [4.78, 5) is 12.9. The van der Waals surface area contributed by atoms with Crippen molar-refractivity contribution in [3.63, 3.8) is 0 Å². The van der Waals surface area contributed by atoms with Crippen LogP contribution in [0.25, 0.3) is 0 Å². The first-order valence-corrected chi connectivity index (χ1v) is 12.5. The number of rotatable bonds is 18. The van der Waals surface area contributed by atoms with Gasteiger partial charge in [-0.2, -0.15) is 0 Å². The second kappa shape index (κ2) is 17.6. The molecule has 38 heavy (non-hydrogen) atoms. The van der Waals surface area contributed by atoms with E-state index >= 15 is 0 Å². The van der Waals surface area contributed by atoms with Crippen molar-refractivity contribution in [2.75, 3.05) is 67.4 Å². The number of para-hydroxylation sites is 2. The van der Waals surface area contributed by atoms with Gasteiger partial charge in [-0.1, -0.05) is 36.4 Å². The normalized spacial score (nSPS) is 21.3. The minimum atomic E-state index is -0.671. The summed E-state index contributed by atoms with van der Waals surface area (Å²) in [5.74, 6) is 1.33. The molecular formula is C27H38N2O9. The summed E-state index contributed by atoms with van der Waals surface area (Å²) < 4.78 is 45.5. The molecular weight excluding hydrogens is 496 g/mol. The highest BCUT2D eigenvalue weighted by molar-refractivity contribution is 5.75. The van der Waals surface area contributed by atoms with Crippen molar-refractivity contribution in [1.82, 2.24) is 10.6 Å². The number of methoxy groups -OCH3 is 2. The van der Waals surface area contributed by atoms with Gasteiger partial charge < -0.3 is 48.5 Å². The molecule has 0 bridgehead atoms. The molecule has 1 aliphatic rings. The number of carbonyl (C=O) groups excluding carboxylic acids is 1. The monoisotopic (exact) mass is 534 g/mol. The number of carbonyl (C=O) groups is 1. The van der Waals surface area contributed by atoms with Crippen molar-refractivity contribution in [1.29, 1.82) is 0 Å². The Labute approximate surface area is 223 Å². The average Bonchev–Trinajstić information content (AvgIpc) is 3.07. The summed E-state index contributed by atoms with van der Waals surface area (Å²) in [6.45, 7) is 1.75. The second-order valence-corrected chi connectivity index (χ2v) is 8.38. The Balaban J connectivity index is 1.77. The van der Waals surface area contributed by atoms with Crippen LogP contribution in [0.15, 0.2) is 60.7 Å². The summed E-state index contributed by atoms with van der Waals surface area (Å²) in [6.07, 6.45) is -1.34. The number of ether oxygens (including phenoxy) is 8. The van der Waals surface area contributed by atoms with Gasteiger partial charge >= 0.3 is 6.03 Å². The molecule has 4 atom stereocenters. The molecule has 2 aromatic carbocycles. The molecule has 0 unspecified atom stereocenters. The lowest BCUT2D eigenvalue weighted by Gasteiger charge is -2.34. The maximum atomic E-state index is 12.9. The summed E-state index contributed by atoms with van der Waals surface area (Å²) in [5.41, 5.74) is 0. The molecule has 2 amide bonds. The Morgan fingerprint density at radius 3 is 1.45 bits per heavy atom. The molecule has 1 saturated heterocycles. The molecule has 1 heterocycles. The molecule has 0 saturated carbocycles. The van der Waals surface area contributed by atoms with Crippen LogP contribution in [-0.2, 0) is 28.4 Å². The van der Waals surface area contributed by atoms with Gasteiger partial charge in [0.1, 0.15) is 50.5 Å². The lowest BCUT2D eigenvalue weighted by Crippen LogP contribution is -2.54. The number of urea groups is 1. The van der Waals surface area contributed by atoms with Crippen LogP contribution in [0.1, 0.15) is 0 Å². The van der Waals surface area contributed by atoms with Crippen LogP contribution in [0.3, 0.4) is 0 Å². The summed E-state index contributed by atoms with van der Waals surface area (Å²) in [7, 11) is 3.19. The summed E-state index contributed by atoms with van der Waals surface area (Å²) in [5, 5.41) is 5.89. The fraction of sp³-hybridized carbons (Fsp3) is 0.519. The molecule has 0 aliphatic carbocycles. The van der Waals surface area contributed by atoms with Crippen molar-refractivity contribution in [3.05, 3.63) is 60.7 Å².